The van der Waals surface area contributed by atoms with Gasteiger partial charge in [0.05, 0.1) is 5.92 Å². The molecule has 45 heavy (non-hydrogen) atoms. The number of hydrogen-bond donors (Lipinski definition) is 3. The minimum atomic E-state index is -1.02. The number of benzene rings is 4. The lowest BCUT2D eigenvalue weighted by molar-refractivity contribution is -0.485. The first-order valence-corrected chi connectivity index (χ1v) is 14.9. The van der Waals surface area contributed by atoms with Gasteiger partial charge in [-0.2, -0.15) is 0 Å². The number of nitrogens with zero attached hydrogens (tertiary/aromatic N) is 3. The van der Waals surface area contributed by atoms with E-state index in [0.29, 0.717) is 12.8 Å². The van der Waals surface area contributed by atoms with Crippen LogP contribution in [0, 0.1) is 10.1 Å². The maximum Gasteiger partial charge on any atom is 0.272 e. The molecule has 2 amide bonds. The quantitative estimate of drug-likeness (QED) is 0.0824. The third-order valence-corrected chi connectivity index (χ3v) is 7.66. The second-order valence-corrected chi connectivity index (χ2v) is 10.6. The second-order valence-electron chi connectivity index (χ2n) is 10.6. The minimum absolute atomic E-state index is 0.0751. The molecule has 1 atom stereocenters. The van der Waals surface area contributed by atoms with Gasteiger partial charge in [0, 0.05) is 12.5 Å². The molecule has 4 aromatic carbocycles. The maximum atomic E-state index is 14.8. The Labute approximate surface area is 262 Å². The lowest BCUT2D eigenvalue weighted by Gasteiger charge is -2.35. The zero-order valence-electron chi connectivity index (χ0n) is 24.9. The van der Waals surface area contributed by atoms with Crippen LogP contribution < -0.4 is 16.8 Å². The lowest BCUT2D eigenvalue weighted by atomic mass is 9.86. The Hall–Kier alpha value is -5.35. The number of nitrogens with two attached hydrogens (primary N) is 2. The molecule has 0 heterocycles. The van der Waals surface area contributed by atoms with E-state index in [2.05, 4.69) is 10.4 Å². The Morgan fingerprint density at radius 2 is 1.20 bits per heavy atom. The summed E-state index contributed by atoms with van der Waals surface area (Å²) in [6.07, 6.45) is 1.15. The predicted molar refractivity (Wildman–Crippen MR) is 175 cm³/mol. The van der Waals surface area contributed by atoms with Gasteiger partial charge in [-0.3, -0.25) is 14.9 Å². The van der Waals surface area contributed by atoms with Crippen molar-refractivity contribution in [3.8, 4) is 0 Å². The van der Waals surface area contributed by atoms with Crippen LogP contribution in [0.1, 0.15) is 53.4 Å². The van der Waals surface area contributed by atoms with Crippen molar-refractivity contribution in [3.63, 3.8) is 0 Å². The highest BCUT2D eigenvalue weighted by molar-refractivity contribution is 6.00. The summed E-state index contributed by atoms with van der Waals surface area (Å²) in [5.41, 5.74) is 15.2. The molecule has 0 aromatic heterocycles. The summed E-state index contributed by atoms with van der Waals surface area (Å²) in [5, 5.41) is 15.3. The van der Waals surface area contributed by atoms with Crippen LogP contribution in [-0.4, -0.2) is 46.8 Å². The minimum Gasteiger partial charge on any atom is -0.364 e. The number of nitro groups is 1. The van der Waals surface area contributed by atoms with Gasteiger partial charge < -0.3 is 16.4 Å². The number of carbonyl (C=O) groups excluding carboxylic acids is 2. The van der Waals surface area contributed by atoms with Crippen LogP contribution in [0.4, 0.5) is 0 Å². The van der Waals surface area contributed by atoms with Gasteiger partial charge in [-0.1, -0.05) is 121 Å². The Morgan fingerprint density at radius 1 is 0.756 bits per heavy atom. The van der Waals surface area contributed by atoms with E-state index in [0.717, 1.165) is 22.3 Å². The monoisotopic (exact) mass is 606 g/mol. The molecule has 0 aliphatic carbocycles. The lowest BCUT2D eigenvalue weighted by Crippen LogP contribution is -2.54. The molecule has 10 heteroatoms. The van der Waals surface area contributed by atoms with Crippen LogP contribution in [0.5, 0.6) is 0 Å². The highest BCUT2D eigenvalue weighted by atomic mass is 16.7. The Bertz CT molecular complexity index is 1470. The molecule has 0 saturated heterocycles. The summed E-state index contributed by atoms with van der Waals surface area (Å²) in [6.45, 7) is 0.486. The second kappa shape index (κ2) is 16.5. The number of rotatable bonds is 14. The van der Waals surface area contributed by atoms with Crippen LogP contribution in [0.25, 0.3) is 0 Å². The predicted octanol–water partition coefficient (Wildman–Crippen LogP) is 4.60. The fraction of sp³-hybridized carbons (Fsp3) is 0.229. The summed E-state index contributed by atoms with van der Waals surface area (Å²) in [5.74, 6) is -2.40. The van der Waals surface area contributed by atoms with Crippen LogP contribution in [0.3, 0.4) is 0 Å². The summed E-state index contributed by atoms with van der Waals surface area (Å²) in [7, 11) is 0. The van der Waals surface area contributed by atoms with Crippen LogP contribution >= 0.6 is 0 Å². The molecule has 4 rings (SSSR count). The van der Waals surface area contributed by atoms with E-state index in [4.69, 9.17) is 11.5 Å². The van der Waals surface area contributed by atoms with Gasteiger partial charge >= 0.3 is 0 Å². The molecule has 0 saturated carbocycles. The van der Waals surface area contributed by atoms with E-state index in [1.165, 1.54) is 0 Å². The average Bonchev–Trinajstić information content (AvgIpc) is 3.05. The summed E-state index contributed by atoms with van der Waals surface area (Å²) >= 11 is 0. The van der Waals surface area contributed by atoms with E-state index in [9.17, 15) is 19.7 Å². The highest BCUT2D eigenvalue weighted by Crippen LogP contribution is 2.32. The molecule has 5 N–H and O–H groups in total. The number of nitrogens with one attached hydrogen (secondary N) is 1. The van der Waals surface area contributed by atoms with Gasteiger partial charge in [-0.25, -0.2) is 10.1 Å². The molecule has 0 unspecified atom stereocenters. The van der Waals surface area contributed by atoms with Gasteiger partial charge in [0.1, 0.15) is 11.1 Å². The number of guanidine groups is 1. The summed E-state index contributed by atoms with van der Waals surface area (Å²) in [6, 6.07) is 37.8. The molecule has 0 fully saturated rings. The topological polar surface area (TPSA) is 157 Å². The van der Waals surface area contributed by atoms with Crippen molar-refractivity contribution in [2.75, 3.05) is 13.1 Å². The van der Waals surface area contributed by atoms with Gasteiger partial charge in [0.25, 0.3) is 5.96 Å². The van der Waals surface area contributed by atoms with Crippen molar-refractivity contribution >= 4 is 17.8 Å². The Balaban J connectivity index is 1.79. The molecular weight excluding hydrogens is 568 g/mol. The van der Waals surface area contributed by atoms with E-state index in [-0.39, 0.29) is 31.3 Å². The third-order valence-electron chi connectivity index (χ3n) is 7.66. The van der Waals surface area contributed by atoms with Crippen molar-refractivity contribution in [2.45, 2.75) is 37.1 Å². The number of hydrazone groups is 1. The summed E-state index contributed by atoms with van der Waals surface area (Å²) in [4.78, 5) is 41.1. The standard InChI is InChI=1S/C35H38N6O4/c36-24-13-22-31(33(42)38-35(37)39-41(44)45)40(25-23-30(26-14-5-1-6-15-26)27-16-7-2-8-17-27)34(43)32(28-18-9-3-10-19-28)29-20-11-4-12-21-29/h1-12,14-21,30-32H,13,22-25,36H2,(H3,37,38,39,42)/t31-/m0/s1. The first-order valence-electron chi connectivity index (χ1n) is 14.9. The third kappa shape index (κ3) is 9.07. The zero-order chi connectivity index (χ0) is 32.0. The van der Waals surface area contributed by atoms with Crippen LogP contribution in [0.15, 0.2) is 126 Å². The Morgan fingerprint density at radius 3 is 1.62 bits per heavy atom. The van der Waals surface area contributed by atoms with Gasteiger partial charge in [-0.15, -0.1) is 0 Å². The van der Waals surface area contributed by atoms with E-state index >= 15 is 0 Å². The fourth-order valence-corrected chi connectivity index (χ4v) is 5.58. The molecule has 0 aliphatic rings. The van der Waals surface area contributed by atoms with Crippen molar-refractivity contribution in [3.05, 3.63) is 154 Å². The molecule has 10 nitrogen and oxygen atoms in total. The Kier molecular flexibility index (Phi) is 11.9. The molecule has 0 radical (unpaired) electrons. The first kappa shape index (κ1) is 32.6. The average molecular weight is 607 g/mol. The van der Waals surface area contributed by atoms with Crippen molar-refractivity contribution in [1.29, 1.82) is 0 Å². The fourth-order valence-electron chi connectivity index (χ4n) is 5.58. The van der Waals surface area contributed by atoms with Crippen molar-refractivity contribution in [2.24, 2.45) is 16.6 Å². The molecule has 232 valence electrons. The van der Waals surface area contributed by atoms with Crippen molar-refractivity contribution < 1.29 is 14.6 Å². The van der Waals surface area contributed by atoms with Gasteiger partial charge in [-0.05, 0) is 48.1 Å². The molecule has 0 aliphatic heterocycles. The van der Waals surface area contributed by atoms with Crippen LogP contribution in [0.2, 0.25) is 0 Å². The SMILES string of the molecule is NCCC[C@@H](C(=O)NC(N)=N[N+](=O)[O-])N(CCC(c1ccccc1)c1ccccc1)C(=O)C(c1ccccc1)c1ccccc1. The van der Waals surface area contributed by atoms with Gasteiger partial charge in [0.15, 0.2) is 5.03 Å². The van der Waals surface area contributed by atoms with E-state index in [1.807, 2.05) is 121 Å². The highest BCUT2D eigenvalue weighted by Gasteiger charge is 2.36. The number of hydrogen-bond acceptors (Lipinski definition) is 5. The molecular formula is C35H38N6O4. The largest absolute Gasteiger partial charge is 0.364 e. The smallest absolute Gasteiger partial charge is 0.272 e. The first-order chi connectivity index (χ1) is 21.9. The molecule has 4 aromatic rings. The van der Waals surface area contributed by atoms with E-state index < -0.39 is 28.9 Å². The maximum absolute atomic E-state index is 14.8. The molecule has 0 spiro atoms. The molecule has 0 bridgehead atoms. The zero-order valence-corrected chi connectivity index (χ0v) is 24.9. The van der Waals surface area contributed by atoms with Crippen molar-refractivity contribution in [1.82, 2.24) is 10.2 Å². The van der Waals surface area contributed by atoms with E-state index in [1.54, 1.807) is 4.90 Å². The van der Waals surface area contributed by atoms with Crippen LogP contribution in [-0.2, 0) is 9.59 Å². The van der Waals surface area contributed by atoms with Gasteiger partial charge in [0.2, 0.25) is 11.8 Å². The number of amides is 2. The normalized spacial score (nSPS) is 12.1. The number of carbonyl (C=O) groups is 2. The summed E-state index contributed by atoms with van der Waals surface area (Å²) < 4.78 is 0.